The molecule has 1 saturated carbocycles. The molecule has 1 saturated heterocycles. The van der Waals surface area contributed by atoms with Crippen LogP contribution in [0, 0.1) is 5.92 Å². The number of ether oxygens (including phenoxy) is 1. The van der Waals surface area contributed by atoms with Crippen molar-refractivity contribution in [3.8, 4) is 5.75 Å². The van der Waals surface area contributed by atoms with E-state index in [1.165, 1.54) is 51.6 Å². The number of amides is 1. The molecule has 162 valence electrons. The zero-order valence-corrected chi connectivity index (χ0v) is 17.9. The summed E-state index contributed by atoms with van der Waals surface area (Å²) in [4.78, 5) is 15.1. The fourth-order valence-corrected chi connectivity index (χ4v) is 4.80. The first-order chi connectivity index (χ1) is 14.7. The van der Waals surface area contributed by atoms with E-state index in [-0.39, 0.29) is 5.91 Å². The van der Waals surface area contributed by atoms with Crippen molar-refractivity contribution in [3.63, 3.8) is 0 Å². The van der Waals surface area contributed by atoms with E-state index in [9.17, 15) is 4.79 Å². The van der Waals surface area contributed by atoms with Gasteiger partial charge in [-0.2, -0.15) is 0 Å². The van der Waals surface area contributed by atoms with Crippen molar-refractivity contribution in [2.75, 3.05) is 26.7 Å². The number of likely N-dealkylation sites (tertiary alicyclic amines) is 1. The van der Waals surface area contributed by atoms with Crippen molar-refractivity contribution < 1.29 is 14.1 Å². The van der Waals surface area contributed by atoms with Crippen molar-refractivity contribution in [2.45, 2.75) is 57.4 Å². The van der Waals surface area contributed by atoms with Gasteiger partial charge in [-0.15, -0.1) is 0 Å². The number of nitrogens with one attached hydrogen (secondary N) is 1. The van der Waals surface area contributed by atoms with Crippen LogP contribution in [0.5, 0.6) is 5.75 Å². The van der Waals surface area contributed by atoms with E-state index < -0.39 is 0 Å². The molecule has 2 aromatic rings. The summed E-state index contributed by atoms with van der Waals surface area (Å²) in [6.45, 7) is 3.86. The third kappa shape index (κ3) is 5.42. The summed E-state index contributed by atoms with van der Waals surface area (Å²) in [5, 5.41) is 7.15. The summed E-state index contributed by atoms with van der Waals surface area (Å²) in [6, 6.07) is 9.48. The minimum atomic E-state index is -0.223. The first-order valence-electron chi connectivity index (χ1n) is 11.3. The van der Waals surface area contributed by atoms with Crippen molar-refractivity contribution in [1.29, 1.82) is 0 Å². The van der Waals surface area contributed by atoms with Crippen LogP contribution in [-0.4, -0.2) is 42.7 Å². The largest absolute Gasteiger partial charge is 0.497 e. The van der Waals surface area contributed by atoms with Crippen LogP contribution in [-0.2, 0) is 6.54 Å². The fraction of sp³-hybridized carbons (Fsp3) is 0.583. The smallest absolute Gasteiger partial charge is 0.290 e. The monoisotopic (exact) mass is 411 g/mol. The van der Waals surface area contributed by atoms with E-state index in [2.05, 4.69) is 15.4 Å². The number of methoxy groups -OCH3 is 1. The maximum Gasteiger partial charge on any atom is 0.290 e. The highest BCUT2D eigenvalue weighted by Gasteiger charge is 2.27. The van der Waals surface area contributed by atoms with E-state index in [1.807, 2.05) is 30.3 Å². The Kier molecular flexibility index (Phi) is 7.05. The minimum absolute atomic E-state index is 0.223. The van der Waals surface area contributed by atoms with Gasteiger partial charge in [-0.05, 0) is 55.8 Å². The van der Waals surface area contributed by atoms with Gasteiger partial charge < -0.3 is 19.5 Å². The molecule has 1 amide bonds. The molecule has 1 atom stereocenters. The summed E-state index contributed by atoms with van der Waals surface area (Å²) >= 11 is 0. The van der Waals surface area contributed by atoms with E-state index in [1.54, 1.807) is 7.11 Å². The van der Waals surface area contributed by atoms with Gasteiger partial charge in [-0.1, -0.05) is 36.6 Å². The van der Waals surface area contributed by atoms with Crippen LogP contribution in [0.15, 0.2) is 34.9 Å². The molecule has 2 fully saturated rings. The van der Waals surface area contributed by atoms with Gasteiger partial charge in [0, 0.05) is 31.6 Å². The Labute approximate surface area is 179 Å². The third-order valence-electron chi connectivity index (χ3n) is 6.53. The quantitative estimate of drug-likeness (QED) is 0.733. The molecule has 6 nitrogen and oxygen atoms in total. The highest BCUT2D eigenvalue weighted by Crippen LogP contribution is 2.30. The van der Waals surface area contributed by atoms with Crippen LogP contribution in [0.1, 0.15) is 72.7 Å². The zero-order chi connectivity index (χ0) is 20.8. The minimum Gasteiger partial charge on any atom is -0.497 e. The van der Waals surface area contributed by atoms with Crippen LogP contribution in [0.25, 0.3) is 0 Å². The maximum atomic E-state index is 12.5. The molecule has 1 aliphatic heterocycles. The molecule has 2 heterocycles. The van der Waals surface area contributed by atoms with E-state index >= 15 is 0 Å². The molecule has 1 aromatic heterocycles. The van der Waals surface area contributed by atoms with Crippen LogP contribution in [0.4, 0.5) is 0 Å². The second-order valence-corrected chi connectivity index (χ2v) is 8.75. The first-order valence-corrected chi connectivity index (χ1v) is 11.3. The summed E-state index contributed by atoms with van der Waals surface area (Å²) in [6.07, 6.45) is 9.24. The molecule has 0 unspecified atom stereocenters. The molecule has 1 aliphatic carbocycles. The Morgan fingerprint density at radius 3 is 2.73 bits per heavy atom. The Morgan fingerprint density at radius 2 is 1.97 bits per heavy atom. The average molecular weight is 412 g/mol. The van der Waals surface area contributed by atoms with Crippen LogP contribution in [0.3, 0.4) is 0 Å². The lowest BCUT2D eigenvalue weighted by atomic mass is 9.87. The number of hydrogen-bond acceptors (Lipinski definition) is 5. The maximum absolute atomic E-state index is 12.5. The predicted molar refractivity (Wildman–Crippen MR) is 116 cm³/mol. The number of piperidine rings is 1. The van der Waals surface area contributed by atoms with Gasteiger partial charge in [0.1, 0.15) is 5.75 Å². The van der Waals surface area contributed by atoms with E-state index in [0.29, 0.717) is 18.2 Å². The number of benzene rings is 1. The third-order valence-corrected chi connectivity index (χ3v) is 6.53. The molecule has 1 N–H and O–H groups in total. The number of nitrogens with zero attached hydrogens (tertiary/aromatic N) is 2. The SMILES string of the molecule is COc1ccc(CNC(=O)c2cc([C@H]3CCCN(CC4CCCCC4)C3)no2)cc1. The van der Waals surface area contributed by atoms with Crippen molar-refractivity contribution >= 4 is 5.91 Å². The van der Waals surface area contributed by atoms with Gasteiger partial charge in [0.2, 0.25) is 5.76 Å². The molecule has 30 heavy (non-hydrogen) atoms. The van der Waals surface area contributed by atoms with Crippen LogP contribution < -0.4 is 10.1 Å². The lowest BCUT2D eigenvalue weighted by molar-refractivity contribution is 0.0913. The highest BCUT2D eigenvalue weighted by molar-refractivity contribution is 5.91. The van der Waals surface area contributed by atoms with E-state index in [0.717, 1.165) is 35.9 Å². The number of carbonyl (C=O) groups is 1. The molecule has 4 rings (SSSR count). The molecular formula is C24H33N3O3. The summed E-state index contributed by atoms with van der Waals surface area (Å²) in [5.41, 5.74) is 1.92. The second kappa shape index (κ2) is 10.1. The van der Waals surface area contributed by atoms with Gasteiger partial charge in [0.25, 0.3) is 5.91 Å². The molecule has 0 radical (unpaired) electrons. The second-order valence-electron chi connectivity index (χ2n) is 8.75. The average Bonchev–Trinajstić information content (AvgIpc) is 3.29. The van der Waals surface area contributed by atoms with Crippen LogP contribution in [0.2, 0.25) is 0 Å². The fourth-order valence-electron chi connectivity index (χ4n) is 4.80. The summed E-state index contributed by atoms with van der Waals surface area (Å²) in [5.74, 6) is 2.08. The lowest BCUT2D eigenvalue weighted by Crippen LogP contribution is -2.38. The van der Waals surface area contributed by atoms with Crippen LogP contribution >= 0.6 is 0 Å². The normalized spacial score (nSPS) is 20.8. The summed E-state index contributed by atoms with van der Waals surface area (Å²) < 4.78 is 10.5. The topological polar surface area (TPSA) is 67.6 Å². The van der Waals surface area contributed by atoms with Crippen molar-refractivity contribution in [2.24, 2.45) is 5.92 Å². The standard InChI is InChI=1S/C24H33N3O3/c1-29-21-11-9-18(10-12-21)15-25-24(28)23-14-22(26-30-23)20-8-5-13-27(17-20)16-19-6-3-2-4-7-19/h9-12,14,19-20H,2-8,13,15-17H2,1H3,(H,25,28)/t20-/m0/s1. The van der Waals surface area contributed by atoms with Crippen molar-refractivity contribution in [3.05, 3.63) is 47.3 Å². The Hall–Kier alpha value is -2.34. The molecule has 2 aliphatic rings. The molecule has 6 heteroatoms. The zero-order valence-electron chi connectivity index (χ0n) is 17.9. The highest BCUT2D eigenvalue weighted by atomic mass is 16.5. The lowest BCUT2D eigenvalue weighted by Gasteiger charge is -2.35. The number of rotatable bonds is 7. The Morgan fingerprint density at radius 1 is 1.17 bits per heavy atom. The Bertz CT molecular complexity index is 811. The van der Waals surface area contributed by atoms with E-state index in [4.69, 9.17) is 9.26 Å². The molecular weight excluding hydrogens is 378 g/mol. The molecule has 0 bridgehead atoms. The van der Waals surface area contributed by atoms with Gasteiger partial charge in [-0.25, -0.2) is 0 Å². The van der Waals surface area contributed by atoms with Crippen molar-refractivity contribution in [1.82, 2.24) is 15.4 Å². The van der Waals surface area contributed by atoms with Gasteiger partial charge in [0.05, 0.1) is 12.8 Å². The predicted octanol–water partition coefficient (Wildman–Crippen LogP) is 4.37. The van der Waals surface area contributed by atoms with Gasteiger partial charge >= 0.3 is 0 Å². The van der Waals surface area contributed by atoms with Gasteiger partial charge in [-0.3, -0.25) is 4.79 Å². The number of carbonyl (C=O) groups excluding carboxylic acids is 1. The molecule has 1 aromatic carbocycles. The number of hydrogen-bond donors (Lipinski definition) is 1. The first kappa shape index (κ1) is 20.9. The summed E-state index contributed by atoms with van der Waals surface area (Å²) in [7, 11) is 1.64. The Balaban J connectivity index is 1.29. The van der Waals surface area contributed by atoms with Gasteiger partial charge in [0.15, 0.2) is 0 Å². The number of aromatic nitrogens is 1. The molecule has 0 spiro atoms.